The molecular formula is C48H87N5O13. The van der Waals surface area contributed by atoms with Crippen molar-refractivity contribution >= 4 is 41.5 Å². The zero-order valence-corrected chi connectivity index (χ0v) is 40.0. The summed E-state index contributed by atoms with van der Waals surface area (Å²) in [6.45, 7) is 3.97. The Morgan fingerprint density at radius 1 is 0.485 bits per heavy atom. The molecule has 0 spiro atoms. The molecule has 1 fully saturated rings. The third-order valence-electron chi connectivity index (χ3n) is 11.9. The van der Waals surface area contributed by atoms with Gasteiger partial charge in [0.2, 0.25) is 23.6 Å². The second-order valence-corrected chi connectivity index (χ2v) is 17.7. The summed E-state index contributed by atoms with van der Waals surface area (Å²) in [5, 5.41) is 38.5. The van der Waals surface area contributed by atoms with Gasteiger partial charge in [-0.3, -0.25) is 28.8 Å². The van der Waals surface area contributed by atoms with Crippen molar-refractivity contribution in [3.8, 4) is 0 Å². The lowest BCUT2D eigenvalue weighted by atomic mass is 9.81. The number of carboxylic acids is 3. The quantitative estimate of drug-likeness (QED) is 0.0344. The summed E-state index contributed by atoms with van der Waals surface area (Å²) in [6.07, 6.45) is 22.2. The van der Waals surface area contributed by atoms with E-state index in [1.54, 1.807) is 0 Å². The van der Waals surface area contributed by atoms with Crippen LogP contribution in [0.3, 0.4) is 0 Å². The average Bonchev–Trinajstić information content (AvgIpc) is 3.29. The van der Waals surface area contributed by atoms with Crippen molar-refractivity contribution in [2.45, 2.75) is 192 Å². The molecule has 4 amide bonds. The lowest BCUT2D eigenvalue weighted by Crippen LogP contribution is -2.48. The first-order valence-corrected chi connectivity index (χ1v) is 25.2. The molecule has 1 saturated carbocycles. The van der Waals surface area contributed by atoms with Crippen molar-refractivity contribution in [3.05, 3.63) is 0 Å². The van der Waals surface area contributed by atoms with Crippen LogP contribution in [0.25, 0.3) is 0 Å². The van der Waals surface area contributed by atoms with Crippen LogP contribution >= 0.6 is 0 Å². The van der Waals surface area contributed by atoms with Gasteiger partial charge in [-0.25, -0.2) is 4.79 Å². The highest BCUT2D eigenvalue weighted by atomic mass is 16.5. The number of nitrogens with two attached hydrogens (primary N) is 1. The number of carboxylic acid groups (broad SMARTS) is 3. The Morgan fingerprint density at radius 2 is 0.955 bits per heavy atom. The van der Waals surface area contributed by atoms with Gasteiger partial charge in [0.25, 0.3) is 0 Å². The number of nitrogens with one attached hydrogen (secondary N) is 4. The van der Waals surface area contributed by atoms with E-state index in [0.717, 1.165) is 57.8 Å². The normalized spacial score (nSPS) is 15.7. The zero-order chi connectivity index (χ0) is 48.5. The van der Waals surface area contributed by atoms with Gasteiger partial charge in [-0.05, 0) is 76.7 Å². The Kier molecular flexibility index (Phi) is 37.7. The fourth-order valence-electron chi connectivity index (χ4n) is 7.87. The van der Waals surface area contributed by atoms with Crippen molar-refractivity contribution in [3.63, 3.8) is 0 Å². The van der Waals surface area contributed by atoms with Crippen molar-refractivity contribution in [2.75, 3.05) is 59.3 Å². The zero-order valence-electron chi connectivity index (χ0n) is 40.0. The van der Waals surface area contributed by atoms with Gasteiger partial charge in [0.05, 0.1) is 26.4 Å². The van der Waals surface area contributed by atoms with E-state index in [2.05, 4.69) is 21.3 Å². The van der Waals surface area contributed by atoms with Crippen LogP contribution < -0.4 is 27.0 Å². The van der Waals surface area contributed by atoms with E-state index < -0.39 is 47.7 Å². The van der Waals surface area contributed by atoms with Gasteiger partial charge in [-0.1, -0.05) is 89.9 Å². The Hall–Kier alpha value is -3.87. The van der Waals surface area contributed by atoms with Crippen LogP contribution in [-0.2, 0) is 47.8 Å². The SMILES string of the molecule is NCCCOCCOCCOCCCNC(=O)C(CCC(=O)O)NC(=O)CCC(NC(=O)C1CCC(CNC(=O)CCCCCCCCCCCCCCCCCCC(=O)O)CC1)C(=O)O. The molecule has 1 rings (SSSR count). The fourth-order valence-corrected chi connectivity index (χ4v) is 7.87. The molecule has 0 saturated heterocycles. The first-order chi connectivity index (χ1) is 31.9. The number of carbonyl (C=O) groups is 7. The summed E-state index contributed by atoms with van der Waals surface area (Å²) in [7, 11) is 0. The summed E-state index contributed by atoms with van der Waals surface area (Å²) in [5.41, 5.74) is 5.41. The van der Waals surface area contributed by atoms with Gasteiger partial charge in [-0.2, -0.15) is 0 Å². The molecule has 1 aliphatic carbocycles. The molecule has 0 bridgehead atoms. The van der Waals surface area contributed by atoms with Crippen LogP contribution in [0.1, 0.15) is 180 Å². The highest BCUT2D eigenvalue weighted by molar-refractivity contribution is 5.89. The molecule has 0 aromatic rings. The van der Waals surface area contributed by atoms with Crippen molar-refractivity contribution in [1.29, 1.82) is 0 Å². The monoisotopic (exact) mass is 942 g/mol. The number of amides is 4. The minimum absolute atomic E-state index is 0.0474. The highest BCUT2D eigenvalue weighted by Crippen LogP contribution is 2.29. The molecule has 1 aliphatic rings. The van der Waals surface area contributed by atoms with Gasteiger partial charge in [0, 0.05) is 57.9 Å². The molecule has 18 heteroatoms. The van der Waals surface area contributed by atoms with Crippen LogP contribution in [0.15, 0.2) is 0 Å². The lowest BCUT2D eigenvalue weighted by Gasteiger charge is -2.28. The number of carbonyl (C=O) groups excluding carboxylic acids is 4. The van der Waals surface area contributed by atoms with E-state index in [-0.39, 0.29) is 56.4 Å². The number of hydrogen-bond donors (Lipinski definition) is 8. The van der Waals surface area contributed by atoms with Crippen LogP contribution in [0, 0.1) is 11.8 Å². The molecule has 382 valence electrons. The molecule has 0 aromatic carbocycles. The minimum Gasteiger partial charge on any atom is -0.481 e. The molecule has 0 aliphatic heterocycles. The van der Waals surface area contributed by atoms with E-state index in [9.17, 15) is 38.7 Å². The Balaban J connectivity index is 2.20. The predicted molar refractivity (Wildman–Crippen MR) is 251 cm³/mol. The largest absolute Gasteiger partial charge is 0.481 e. The highest BCUT2D eigenvalue weighted by Gasteiger charge is 2.30. The second-order valence-electron chi connectivity index (χ2n) is 17.7. The summed E-state index contributed by atoms with van der Waals surface area (Å²) in [5.74, 6) is -4.81. The number of rotatable bonds is 45. The van der Waals surface area contributed by atoms with Crippen molar-refractivity contribution in [2.24, 2.45) is 17.6 Å². The topological polar surface area (TPSA) is 282 Å². The molecule has 66 heavy (non-hydrogen) atoms. The third kappa shape index (κ3) is 35.3. The van der Waals surface area contributed by atoms with Gasteiger partial charge in [-0.15, -0.1) is 0 Å². The van der Waals surface area contributed by atoms with Crippen LogP contribution in [0.4, 0.5) is 0 Å². The standard InChI is InChI=1S/C48H87N5O13/c49-29-17-31-64-33-35-66-36-34-65-32-18-30-50-47(61)40(26-28-45(58)59)52-43(55)27-25-41(48(62)63)53-46(60)39-23-21-38(22-24-39)37-51-42(54)19-15-13-11-9-7-5-3-1-2-4-6-8-10-12-14-16-20-44(56)57/h38-41H,1-37,49H2,(H,50,61)(H,51,54)(H,52,55)(H,53,60)(H,56,57)(H,58,59)(H,62,63). The van der Waals surface area contributed by atoms with Gasteiger partial charge < -0.3 is 56.5 Å². The number of ether oxygens (including phenoxy) is 3. The van der Waals surface area contributed by atoms with Crippen LogP contribution in [0.5, 0.6) is 0 Å². The molecule has 0 heterocycles. The predicted octanol–water partition coefficient (Wildman–Crippen LogP) is 5.62. The Labute approximate surface area is 393 Å². The van der Waals surface area contributed by atoms with E-state index >= 15 is 0 Å². The number of unbranched alkanes of at least 4 members (excludes halogenated alkanes) is 15. The third-order valence-corrected chi connectivity index (χ3v) is 11.9. The summed E-state index contributed by atoms with van der Waals surface area (Å²) >= 11 is 0. The first-order valence-electron chi connectivity index (χ1n) is 25.2. The molecule has 18 nitrogen and oxygen atoms in total. The Bertz CT molecular complexity index is 1330. The number of aliphatic carboxylic acids is 3. The van der Waals surface area contributed by atoms with Gasteiger partial charge in [0.15, 0.2) is 0 Å². The van der Waals surface area contributed by atoms with Crippen LogP contribution in [-0.4, -0.2) is 128 Å². The summed E-state index contributed by atoms with van der Waals surface area (Å²) < 4.78 is 16.2. The molecule has 9 N–H and O–H groups in total. The maximum absolute atomic E-state index is 13.1. The first kappa shape index (κ1) is 60.1. The van der Waals surface area contributed by atoms with Gasteiger partial charge in [0.1, 0.15) is 12.1 Å². The molecule has 2 atom stereocenters. The van der Waals surface area contributed by atoms with E-state index in [0.29, 0.717) is 78.4 Å². The van der Waals surface area contributed by atoms with E-state index in [1.165, 1.54) is 64.2 Å². The molecule has 2 unspecified atom stereocenters. The number of hydrogen-bond acceptors (Lipinski definition) is 11. The summed E-state index contributed by atoms with van der Waals surface area (Å²) in [6, 6.07) is -2.46. The lowest BCUT2D eigenvalue weighted by molar-refractivity contribution is -0.143. The molecule has 0 aromatic heterocycles. The van der Waals surface area contributed by atoms with E-state index in [1.807, 2.05) is 0 Å². The van der Waals surface area contributed by atoms with Crippen molar-refractivity contribution in [1.82, 2.24) is 21.3 Å². The maximum Gasteiger partial charge on any atom is 0.326 e. The smallest absolute Gasteiger partial charge is 0.326 e. The molecular weight excluding hydrogens is 855 g/mol. The molecule has 0 radical (unpaired) electrons. The van der Waals surface area contributed by atoms with Crippen LogP contribution in [0.2, 0.25) is 0 Å². The van der Waals surface area contributed by atoms with Gasteiger partial charge >= 0.3 is 17.9 Å². The minimum atomic E-state index is -1.32. The second kappa shape index (κ2) is 41.3. The van der Waals surface area contributed by atoms with E-state index in [4.69, 9.17) is 30.2 Å². The maximum atomic E-state index is 13.1. The Morgan fingerprint density at radius 3 is 1.45 bits per heavy atom. The average molecular weight is 942 g/mol. The summed E-state index contributed by atoms with van der Waals surface area (Å²) in [4.78, 5) is 85.0. The van der Waals surface area contributed by atoms with Crippen molar-refractivity contribution < 1.29 is 63.1 Å². The fraction of sp³-hybridized carbons (Fsp3) is 0.854.